The molecule has 1 aromatic carbocycles. The number of nitrogens with two attached hydrogens (primary N) is 1. The van der Waals surface area contributed by atoms with E-state index >= 15 is 0 Å². The van der Waals surface area contributed by atoms with Crippen molar-refractivity contribution in [1.29, 1.82) is 0 Å². The molecule has 0 aliphatic rings. The smallest absolute Gasteiger partial charge is 0.248 e. The molecule has 3 N–H and O–H groups in total. The molecule has 0 fully saturated rings. The highest BCUT2D eigenvalue weighted by Gasteiger charge is 2.13. The molecule has 0 atom stereocenters. The molecule has 6 heteroatoms. The summed E-state index contributed by atoms with van der Waals surface area (Å²) in [4.78, 5) is 25.4. The molecule has 1 amide bonds. The maximum absolute atomic E-state index is 11.8. The quantitative estimate of drug-likeness (QED) is 0.472. The minimum Gasteiger partial charge on any atom is -0.495 e. The molecule has 0 saturated carbocycles. The first-order chi connectivity index (χ1) is 9.85. The van der Waals surface area contributed by atoms with Crippen LogP contribution in [0.4, 0.5) is 11.4 Å². The number of hydrogen-bond donors (Lipinski definition) is 2. The minimum atomic E-state index is -0.316. The highest BCUT2D eigenvalue weighted by atomic mass is 16.5. The number of hydrogen-bond acceptors (Lipinski definition) is 5. The van der Waals surface area contributed by atoms with Crippen LogP contribution in [0.1, 0.15) is 17.3 Å². The average Bonchev–Trinajstić information content (AvgIpc) is 2.38. The van der Waals surface area contributed by atoms with E-state index in [-0.39, 0.29) is 11.7 Å². The summed E-state index contributed by atoms with van der Waals surface area (Å²) in [5.74, 6) is -0.0915. The standard InChI is InChI=1S/C15H21N3O3/c1-10(19)11-8-14(21-4)12(16)9-13(11)17-15(20)6-5-7-18(2)3/h5-6,8-9H,7,16H2,1-4H3,(H,17,20)/b6-5+. The molecular formula is C15H21N3O3. The number of nitrogens with one attached hydrogen (secondary N) is 1. The Kier molecular flexibility index (Phi) is 5.92. The van der Waals surface area contributed by atoms with Gasteiger partial charge in [0.15, 0.2) is 5.78 Å². The number of ether oxygens (including phenoxy) is 1. The van der Waals surface area contributed by atoms with E-state index in [1.807, 2.05) is 19.0 Å². The van der Waals surface area contributed by atoms with E-state index < -0.39 is 0 Å². The second kappa shape index (κ2) is 7.44. The summed E-state index contributed by atoms with van der Waals surface area (Å²) in [5, 5.41) is 2.66. The minimum absolute atomic E-state index is 0.180. The summed E-state index contributed by atoms with van der Waals surface area (Å²) < 4.78 is 5.08. The van der Waals surface area contributed by atoms with Gasteiger partial charge in [-0.25, -0.2) is 0 Å². The molecular weight excluding hydrogens is 270 g/mol. The van der Waals surface area contributed by atoms with E-state index in [4.69, 9.17) is 10.5 Å². The van der Waals surface area contributed by atoms with Crippen molar-refractivity contribution in [2.75, 3.05) is 38.8 Å². The SMILES string of the molecule is COc1cc(C(C)=O)c(NC(=O)/C=C/CN(C)C)cc1N. The van der Waals surface area contributed by atoms with Crippen LogP contribution in [0, 0.1) is 0 Å². The van der Waals surface area contributed by atoms with Crippen molar-refractivity contribution in [2.45, 2.75) is 6.92 Å². The van der Waals surface area contributed by atoms with Crippen molar-refractivity contribution in [2.24, 2.45) is 0 Å². The molecule has 0 unspecified atom stereocenters. The second-order valence-corrected chi connectivity index (χ2v) is 4.85. The van der Waals surface area contributed by atoms with Gasteiger partial charge in [0.2, 0.25) is 5.91 Å². The maximum atomic E-state index is 11.8. The zero-order chi connectivity index (χ0) is 16.0. The van der Waals surface area contributed by atoms with Gasteiger partial charge >= 0.3 is 0 Å². The molecule has 0 heterocycles. The number of anilines is 2. The molecule has 0 saturated heterocycles. The summed E-state index contributed by atoms with van der Waals surface area (Å²) in [7, 11) is 5.28. The Hall–Kier alpha value is -2.34. The van der Waals surface area contributed by atoms with E-state index in [0.717, 1.165) is 0 Å². The van der Waals surface area contributed by atoms with Crippen LogP contribution in [0.25, 0.3) is 0 Å². The highest BCUT2D eigenvalue weighted by Crippen LogP contribution is 2.29. The lowest BCUT2D eigenvalue weighted by molar-refractivity contribution is -0.111. The molecule has 0 aromatic heterocycles. The summed E-state index contributed by atoms with van der Waals surface area (Å²) in [6.45, 7) is 2.07. The molecule has 0 radical (unpaired) electrons. The van der Waals surface area contributed by atoms with Crippen molar-refractivity contribution < 1.29 is 14.3 Å². The van der Waals surface area contributed by atoms with Gasteiger partial charge in [-0.05, 0) is 33.2 Å². The molecule has 0 spiro atoms. The number of ketones is 1. The van der Waals surface area contributed by atoms with E-state index in [0.29, 0.717) is 29.2 Å². The van der Waals surface area contributed by atoms with Crippen molar-refractivity contribution in [3.63, 3.8) is 0 Å². The number of carbonyl (C=O) groups excluding carboxylic acids is 2. The van der Waals surface area contributed by atoms with Gasteiger partial charge in [-0.1, -0.05) is 6.08 Å². The fourth-order valence-corrected chi connectivity index (χ4v) is 1.71. The highest BCUT2D eigenvalue weighted by molar-refractivity contribution is 6.07. The Balaban J connectivity index is 2.97. The van der Waals surface area contributed by atoms with Gasteiger partial charge in [0.25, 0.3) is 0 Å². The number of methoxy groups -OCH3 is 1. The van der Waals surface area contributed by atoms with Gasteiger partial charge in [-0.2, -0.15) is 0 Å². The number of nitrogen functional groups attached to an aromatic ring is 1. The van der Waals surface area contributed by atoms with Crippen LogP contribution in [-0.4, -0.2) is 44.3 Å². The molecule has 6 nitrogen and oxygen atoms in total. The van der Waals surface area contributed by atoms with Gasteiger partial charge < -0.3 is 20.7 Å². The van der Waals surface area contributed by atoms with E-state index in [1.165, 1.54) is 32.2 Å². The normalized spacial score (nSPS) is 10.9. The molecule has 0 bridgehead atoms. The maximum Gasteiger partial charge on any atom is 0.248 e. The van der Waals surface area contributed by atoms with Gasteiger partial charge in [0, 0.05) is 18.2 Å². The average molecular weight is 291 g/mol. The molecule has 114 valence electrons. The molecule has 21 heavy (non-hydrogen) atoms. The number of carbonyl (C=O) groups is 2. The monoisotopic (exact) mass is 291 g/mol. The molecule has 1 aromatic rings. The van der Waals surface area contributed by atoms with Crippen LogP contribution in [0.2, 0.25) is 0 Å². The third-order valence-electron chi connectivity index (χ3n) is 2.75. The van der Waals surface area contributed by atoms with Gasteiger partial charge in [0.1, 0.15) is 5.75 Å². The van der Waals surface area contributed by atoms with Crippen molar-refractivity contribution in [3.05, 3.63) is 29.8 Å². The molecule has 0 aliphatic heterocycles. The van der Waals surface area contributed by atoms with E-state index in [2.05, 4.69) is 5.32 Å². The number of rotatable bonds is 6. The van der Waals surface area contributed by atoms with Crippen molar-refractivity contribution in [1.82, 2.24) is 4.90 Å². The number of Topliss-reactive ketones (excluding diaryl/α,β-unsaturated/α-hetero) is 1. The lowest BCUT2D eigenvalue weighted by atomic mass is 10.1. The first-order valence-corrected chi connectivity index (χ1v) is 6.45. The zero-order valence-electron chi connectivity index (χ0n) is 12.8. The number of likely N-dealkylation sites (N-methyl/N-ethyl adjacent to an activating group) is 1. The lowest BCUT2D eigenvalue weighted by Crippen LogP contribution is -2.14. The van der Waals surface area contributed by atoms with Gasteiger partial charge in [0.05, 0.1) is 18.5 Å². The van der Waals surface area contributed by atoms with Crippen LogP contribution in [-0.2, 0) is 4.79 Å². The predicted molar refractivity (Wildman–Crippen MR) is 83.7 cm³/mol. The largest absolute Gasteiger partial charge is 0.495 e. The number of amides is 1. The number of benzene rings is 1. The van der Waals surface area contributed by atoms with Crippen LogP contribution < -0.4 is 15.8 Å². The first kappa shape index (κ1) is 16.7. The third-order valence-corrected chi connectivity index (χ3v) is 2.75. The first-order valence-electron chi connectivity index (χ1n) is 6.45. The second-order valence-electron chi connectivity index (χ2n) is 4.85. The van der Waals surface area contributed by atoms with Crippen LogP contribution in [0.5, 0.6) is 5.75 Å². The van der Waals surface area contributed by atoms with Gasteiger partial charge in [-0.15, -0.1) is 0 Å². The predicted octanol–water partition coefficient (Wildman–Crippen LogP) is 1.54. The Morgan fingerprint density at radius 1 is 1.38 bits per heavy atom. The summed E-state index contributed by atoms with van der Waals surface area (Å²) >= 11 is 0. The van der Waals surface area contributed by atoms with E-state index in [1.54, 1.807) is 6.08 Å². The number of nitrogens with zero attached hydrogens (tertiary/aromatic N) is 1. The van der Waals surface area contributed by atoms with Crippen LogP contribution in [0.3, 0.4) is 0 Å². The fraction of sp³-hybridized carbons (Fsp3) is 0.333. The Bertz CT molecular complexity index is 566. The zero-order valence-corrected chi connectivity index (χ0v) is 12.8. The van der Waals surface area contributed by atoms with Crippen LogP contribution >= 0.6 is 0 Å². The summed E-state index contributed by atoms with van der Waals surface area (Å²) in [6.07, 6.45) is 3.15. The topological polar surface area (TPSA) is 84.7 Å². The molecule has 1 rings (SSSR count). The molecule has 0 aliphatic carbocycles. The van der Waals surface area contributed by atoms with Gasteiger partial charge in [-0.3, -0.25) is 9.59 Å². The Morgan fingerprint density at radius 3 is 2.57 bits per heavy atom. The van der Waals surface area contributed by atoms with Crippen molar-refractivity contribution in [3.8, 4) is 5.75 Å². The van der Waals surface area contributed by atoms with E-state index in [9.17, 15) is 9.59 Å². The summed E-state index contributed by atoms with van der Waals surface area (Å²) in [6, 6.07) is 3.05. The van der Waals surface area contributed by atoms with Crippen molar-refractivity contribution >= 4 is 23.1 Å². The Morgan fingerprint density at radius 2 is 2.05 bits per heavy atom. The third kappa shape index (κ3) is 4.92. The fourth-order valence-electron chi connectivity index (χ4n) is 1.71. The Labute approximate surface area is 124 Å². The lowest BCUT2D eigenvalue weighted by Gasteiger charge is -2.12. The summed E-state index contributed by atoms with van der Waals surface area (Å²) in [5.41, 5.74) is 6.89. The van der Waals surface area contributed by atoms with Crippen LogP contribution in [0.15, 0.2) is 24.3 Å².